The van der Waals surface area contributed by atoms with Crippen LogP contribution in [0.25, 0.3) is 0 Å². The highest BCUT2D eigenvalue weighted by atomic mass is 79.9. The van der Waals surface area contributed by atoms with E-state index in [1.54, 1.807) is 12.1 Å². The zero-order chi connectivity index (χ0) is 13.2. The molecule has 2 rings (SSSR count). The summed E-state index contributed by atoms with van der Waals surface area (Å²) < 4.78 is 34.9. The highest BCUT2D eigenvalue weighted by Crippen LogP contribution is 2.30. The summed E-state index contributed by atoms with van der Waals surface area (Å²) in [5, 5.41) is 0. The van der Waals surface area contributed by atoms with Crippen LogP contribution < -0.4 is 4.74 Å². The van der Waals surface area contributed by atoms with Gasteiger partial charge in [-0.3, -0.25) is 0 Å². The van der Waals surface area contributed by atoms with Crippen LogP contribution in [-0.4, -0.2) is 27.6 Å². The molecule has 0 saturated carbocycles. The molecular weight excluding hydrogens is 320 g/mol. The van der Waals surface area contributed by atoms with E-state index in [2.05, 4.69) is 15.9 Å². The molecular formula is C12H15BrO4S. The van der Waals surface area contributed by atoms with Crippen molar-refractivity contribution in [3.05, 3.63) is 22.7 Å². The third-order valence-corrected chi connectivity index (χ3v) is 4.49. The van der Waals surface area contributed by atoms with Crippen LogP contribution in [0, 0.1) is 0 Å². The standard InChI is InChI=1S/C12H15BrO4S/c1-18(14,15)9-5-6-10(13)11(8-9)17-12-4-2-3-7-16-12/h5-6,8,12H,2-4,7H2,1H3/t12-/m0/s1. The van der Waals surface area contributed by atoms with E-state index >= 15 is 0 Å². The average Bonchev–Trinajstić information content (AvgIpc) is 2.32. The summed E-state index contributed by atoms with van der Waals surface area (Å²) in [6.07, 6.45) is 3.83. The predicted octanol–water partition coefficient (Wildman–Crippen LogP) is 2.76. The molecule has 0 aromatic heterocycles. The van der Waals surface area contributed by atoms with Crippen LogP contribution >= 0.6 is 15.9 Å². The van der Waals surface area contributed by atoms with Crippen molar-refractivity contribution in [2.24, 2.45) is 0 Å². The van der Waals surface area contributed by atoms with Crippen molar-refractivity contribution in [1.29, 1.82) is 0 Å². The summed E-state index contributed by atoms with van der Waals surface area (Å²) >= 11 is 3.35. The number of ether oxygens (including phenoxy) is 2. The molecule has 1 saturated heterocycles. The van der Waals surface area contributed by atoms with Gasteiger partial charge in [0.05, 0.1) is 16.0 Å². The Labute approximate surface area is 115 Å². The normalized spacial score (nSPS) is 20.7. The van der Waals surface area contributed by atoms with Gasteiger partial charge in [-0.2, -0.15) is 0 Å². The van der Waals surface area contributed by atoms with Gasteiger partial charge in [0.25, 0.3) is 0 Å². The van der Waals surface area contributed by atoms with Crippen LogP contribution in [0.3, 0.4) is 0 Å². The molecule has 18 heavy (non-hydrogen) atoms. The molecule has 6 heteroatoms. The molecule has 0 amide bonds. The Kier molecular flexibility index (Phi) is 4.29. The lowest BCUT2D eigenvalue weighted by Gasteiger charge is -2.24. The lowest BCUT2D eigenvalue weighted by molar-refractivity contribution is -0.106. The molecule has 0 unspecified atom stereocenters. The number of rotatable bonds is 3. The lowest BCUT2D eigenvalue weighted by Crippen LogP contribution is -2.25. The van der Waals surface area contributed by atoms with Gasteiger partial charge >= 0.3 is 0 Å². The van der Waals surface area contributed by atoms with Crippen molar-refractivity contribution >= 4 is 25.8 Å². The maximum absolute atomic E-state index is 11.5. The van der Waals surface area contributed by atoms with E-state index in [0.29, 0.717) is 12.4 Å². The molecule has 1 aromatic carbocycles. The quantitative estimate of drug-likeness (QED) is 0.852. The van der Waals surface area contributed by atoms with Crippen molar-refractivity contribution in [1.82, 2.24) is 0 Å². The van der Waals surface area contributed by atoms with Crippen molar-refractivity contribution in [2.75, 3.05) is 12.9 Å². The first-order valence-corrected chi connectivity index (χ1v) is 8.43. The van der Waals surface area contributed by atoms with E-state index in [9.17, 15) is 8.42 Å². The van der Waals surface area contributed by atoms with Gasteiger partial charge in [0.1, 0.15) is 5.75 Å². The Hall–Kier alpha value is -0.590. The summed E-state index contributed by atoms with van der Waals surface area (Å²) in [7, 11) is -3.22. The minimum atomic E-state index is -3.22. The fourth-order valence-corrected chi connectivity index (χ4v) is 2.73. The van der Waals surface area contributed by atoms with Gasteiger partial charge in [-0.05, 0) is 40.9 Å². The molecule has 100 valence electrons. The Morgan fingerprint density at radius 2 is 2.17 bits per heavy atom. The summed E-state index contributed by atoms with van der Waals surface area (Å²) in [6, 6.07) is 4.75. The van der Waals surface area contributed by atoms with Gasteiger partial charge in [0.2, 0.25) is 0 Å². The molecule has 1 aromatic rings. The zero-order valence-corrected chi connectivity index (χ0v) is 12.5. The monoisotopic (exact) mass is 334 g/mol. The maximum atomic E-state index is 11.5. The molecule has 1 fully saturated rings. The molecule has 4 nitrogen and oxygen atoms in total. The van der Waals surface area contributed by atoms with Gasteiger partial charge < -0.3 is 9.47 Å². The highest BCUT2D eigenvalue weighted by molar-refractivity contribution is 9.10. The van der Waals surface area contributed by atoms with Crippen LogP contribution in [0.1, 0.15) is 19.3 Å². The number of hydrogen-bond acceptors (Lipinski definition) is 4. The highest BCUT2D eigenvalue weighted by Gasteiger charge is 2.18. The summed E-state index contributed by atoms with van der Waals surface area (Å²) in [6.45, 7) is 0.689. The van der Waals surface area contributed by atoms with Gasteiger partial charge in [0.15, 0.2) is 16.1 Å². The second-order valence-electron chi connectivity index (χ2n) is 4.28. The third-order valence-electron chi connectivity index (χ3n) is 2.73. The van der Waals surface area contributed by atoms with Crippen LogP contribution in [0.4, 0.5) is 0 Å². The Balaban J connectivity index is 2.21. The predicted molar refractivity (Wildman–Crippen MR) is 71.5 cm³/mol. The molecule has 0 bridgehead atoms. The van der Waals surface area contributed by atoms with Crippen molar-refractivity contribution in [3.8, 4) is 5.75 Å². The first kappa shape index (κ1) is 13.8. The summed E-state index contributed by atoms with van der Waals surface area (Å²) in [4.78, 5) is 0.247. The van der Waals surface area contributed by atoms with Crippen molar-refractivity contribution in [3.63, 3.8) is 0 Å². The lowest BCUT2D eigenvalue weighted by atomic mass is 10.2. The number of benzene rings is 1. The number of halogens is 1. The van der Waals surface area contributed by atoms with E-state index in [4.69, 9.17) is 9.47 Å². The molecule has 0 radical (unpaired) electrons. The molecule has 0 N–H and O–H groups in total. The Morgan fingerprint density at radius 3 is 2.78 bits per heavy atom. The van der Waals surface area contributed by atoms with E-state index < -0.39 is 9.84 Å². The van der Waals surface area contributed by atoms with Gasteiger partial charge in [-0.1, -0.05) is 0 Å². The van der Waals surface area contributed by atoms with Crippen LogP contribution in [0.5, 0.6) is 5.75 Å². The molecule has 0 aliphatic carbocycles. The second kappa shape index (κ2) is 5.59. The van der Waals surface area contributed by atoms with Crippen LogP contribution in [0.2, 0.25) is 0 Å². The minimum Gasteiger partial charge on any atom is -0.464 e. The van der Waals surface area contributed by atoms with Crippen LogP contribution in [0.15, 0.2) is 27.6 Å². The maximum Gasteiger partial charge on any atom is 0.199 e. The minimum absolute atomic E-state index is 0.247. The van der Waals surface area contributed by atoms with E-state index in [1.807, 2.05) is 0 Å². The number of hydrogen-bond donors (Lipinski definition) is 0. The fraction of sp³-hybridized carbons (Fsp3) is 0.500. The Bertz CT molecular complexity index is 521. The first-order chi connectivity index (χ1) is 8.47. The smallest absolute Gasteiger partial charge is 0.199 e. The van der Waals surface area contributed by atoms with E-state index in [1.165, 1.54) is 12.3 Å². The van der Waals surface area contributed by atoms with Gasteiger partial charge in [0, 0.05) is 18.7 Å². The summed E-state index contributed by atoms with van der Waals surface area (Å²) in [5.41, 5.74) is 0. The molecule has 1 aliphatic rings. The zero-order valence-electron chi connectivity index (χ0n) is 10.1. The van der Waals surface area contributed by atoms with E-state index in [0.717, 1.165) is 23.7 Å². The first-order valence-electron chi connectivity index (χ1n) is 5.75. The molecule has 1 heterocycles. The number of sulfone groups is 1. The third kappa shape index (κ3) is 3.46. The van der Waals surface area contributed by atoms with Crippen LogP contribution in [-0.2, 0) is 14.6 Å². The second-order valence-corrected chi connectivity index (χ2v) is 7.15. The topological polar surface area (TPSA) is 52.6 Å². The fourth-order valence-electron chi connectivity index (χ4n) is 1.75. The molecule has 1 atom stereocenters. The van der Waals surface area contributed by atoms with Crippen molar-refractivity contribution in [2.45, 2.75) is 30.4 Å². The van der Waals surface area contributed by atoms with Crippen molar-refractivity contribution < 1.29 is 17.9 Å². The average molecular weight is 335 g/mol. The van der Waals surface area contributed by atoms with Gasteiger partial charge in [-0.25, -0.2) is 8.42 Å². The Morgan fingerprint density at radius 1 is 1.39 bits per heavy atom. The summed E-state index contributed by atoms with van der Waals surface area (Å²) in [5.74, 6) is 0.504. The largest absolute Gasteiger partial charge is 0.464 e. The molecule has 0 spiro atoms. The SMILES string of the molecule is CS(=O)(=O)c1ccc(Br)c(O[C@H]2CCCCO2)c1. The molecule has 1 aliphatic heterocycles. The van der Waals surface area contributed by atoms with E-state index in [-0.39, 0.29) is 11.2 Å². The van der Waals surface area contributed by atoms with Gasteiger partial charge in [-0.15, -0.1) is 0 Å².